The Labute approximate surface area is 360 Å². The van der Waals surface area contributed by atoms with E-state index in [2.05, 4.69) is 48.5 Å². The first-order valence-electron chi connectivity index (χ1n) is 22.0. The maximum atomic E-state index is 12.4. The average Bonchev–Trinajstić information content (AvgIpc) is 4.12. The second-order valence-electron chi connectivity index (χ2n) is 16.6. The highest BCUT2D eigenvalue weighted by Crippen LogP contribution is 2.28. The summed E-state index contributed by atoms with van der Waals surface area (Å²) in [5.41, 5.74) is 5.24. The van der Waals surface area contributed by atoms with E-state index >= 15 is 0 Å². The van der Waals surface area contributed by atoms with Crippen molar-refractivity contribution in [3.63, 3.8) is 0 Å². The molecule has 4 aromatic rings. The van der Waals surface area contributed by atoms with Crippen LogP contribution in [0.15, 0.2) is 97.1 Å². The maximum Gasteiger partial charge on any atom is 0.323 e. The van der Waals surface area contributed by atoms with Crippen molar-refractivity contribution < 1.29 is 23.9 Å². The molecule has 4 aromatic carbocycles. The summed E-state index contributed by atoms with van der Waals surface area (Å²) in [6, 6.07) is 31.1. The molecule has 61 heavy (non-hydrogen) atoms. The maximum absolute atomic E-state index is 12.4. The molecule has 2 heterocycles. The molecule has 2 unspecified atom stereocenters. The zero-order chi connectivity index (χ0) is 42.6. The van der Waals surface area contributed by atoms with Crippen LogP contribution in [0.1, 0.15) is 71.1 Å². The topological polar surface area (TPSA) is 140 Å². The van der Waals surface area contributed by atoms with E-state index in [1.54, 1.807) is 6.92 Å². The fraction of sp³-hybridized carbons (Fsp3) is 0.438. The van der Waals surface area contributed by atoms with Crippen molar-refractivity contribution in [1.82, 2.24) is 10.2 Å². The first-order chi connectivity index (χ1) is 29.7. The molecule has 0 spiro atoms. The monoisotopic (exact) mass is 830 g/mol. The van der Waals surface area contributed by atoms with Crippen molar-refractivity contribution >= 4 is 52.1 Å². The lowest BCUT2D eigenvalue weighted by Gasteiger charge is -2.24. The van der Waals surface area contributed by atoms with Gasteiger partial charge in [-0.05, 0) is 168 Å². The first-order valence-corrected chi connectivity index (χ1v) is 22.0. The molecule has 13 heteroatoms. The number of nitrogens with one attached hydrogen (secondary N) is 5. The van der Waals surface area contributed by atoms with Crippen LogP contribution in [-0.4, -0.2) is 87.4 Å². The third-order valence-corrected chi connectivity index (χ3v) is 12.2. The molecule has 2 aliphatic carbocycles. The zero-order valence-corrected chi connectivity index (χ0v) is 35.8. The summed E-state index contributed by atoms with van der Waals surface area (Å²) in [7, 11) is 3.87. The van der Waals surface area contributed by atoms with Gasteiger partial charge in [-0.15, -0.1) is 0 Å². The molecule has 13 nitrogen and oxygen atoms in total. The molecule has 5 amide bonds. The van der Waals surface area contributed by atoms with Gasteiger partial charge >= 0.3 is 12.1 Å². The largest absolute Gasteiger partial charge is 0.490 e. The van der Waals surface area contributed by atoms with E-state index in [1.807, 2.05) is 104 Å². The highest BCUT2D eigenvalue weighted by molar-refractivity contribution is 6.00. The summed E-state index contributed by atoms with van der Waals surface area (Å²) in [6.07, 6.45) is 12.3. The Hall–Kier alpha value is -5.95. The van der Waals surface area contributed by atoms with Crippen LogP contribution >= 0.6 is 0 Å². The molecule has 2 atom stereocenters. The Balaban J connectivity index is 0.000000185. The molecular formula is C48H62N8O5. The van der Waals surface area contributed by atoms with Gasteiger partial charge in [0.1, 0.15) is 11.5 Å². The molecule has 4 aliphatic rings. The van der Waals surface area contributed by atoms with Crippen molar-refractivity contribution in [1.29, 1.82) is 0 Å². The van der Waals surface area contributed by atoms with Crippen LogP contribution in [0.3, 0.4) is 0 Å². The fourth-order valence-corrected chi connectivity index (χ4v) is 8.51. The van der Waals surface area contributed by atoms with Gasteiger partial charge in [0.15, 0.2) is 0 Å². The Kier molecular flexibility index (Phi) is 14.9. The van der Waals surface area contributed by atoms with Crippen LogP contribution in [0.25, 0.3) is 0 Å². The van der Waals surface area contributed by atoms with E-state index in [0.717, 1.165) is 105 Å². The number of hydrogen-bond donors (Lipinski definition) is 5. The van der Waals surface area contributed by atoms with Crippen molar-refractivity contribution in [3.05, 3.63) is 97.1 Å². The molecular weight excluding hydrogens is 769 g/mol. The lowest BCUT2D eigenvalue weighted by Crippen LogP contribution is -2.37. The van der Waals surface area contributed by atoms with Crippen LogP contribution in [0.5, 0.6) is 11.5 Å². The molecule has 324 valence electrons. The number of nitrogens with zero attached hydrogens (tertiary/aromatic N) is 3. The summed E-state index contributed by atoms with van der Waals surface area (Å²) in [6.45, 7) is 5.41. The van der Waals surface area contributed by atoms with Crippen molar-refractivity contribution in [2.45, 2.75) is 95.4 Å². The van der Waals surface area contributed by atoms with Crippen LogP contribution < -0.4 is 45.9 Å². The Morgan fingerprint density at radius 2 is 0.918 bits per heavy atom. The molecule has 8 rings (SSSR count). The number of likely N-dealkylation sites (N-methyl/N-ethyl adjacent to an activating group) is 2. The second kappa shape index (κ2) is 21.0. The number of anilines is 6. The van der Waals surface area contributed by atoms with E-state index in [-0.39, 0.29) is 24.0 Å². The summed E-state index contributed by atoms with van der Waals surface area (Å²) in [5, 5.41) is 14.8. The number of amides is 5. The van der Waals surface area contributed by atoms with Crippen molar-refractivity contribution in [3.8, 4) is 11.5 Å². The molecule has 0 bridgehead atoms. The van der Waals surface area contributed by atoms with Crippen LogP contribution in [-0.2, 0) is 4.79 Å². The number of rotatable bonds is 12. The SMILES string of the molecule is CC(=O)N(C)C1CCN(c2ccc(NC(=O)Nc3ccc(OC4CCCC4)cc3)cc2)C1.CNC1CCN(c2ccc(NC(=O)Nc3ccc(OC4CCCC4)cc3)cc2)C1. The minimum atomic E-state index is -0.286. The summed E-state index contributed by atoms with van der Waals surface area (Å²) in [5.74, 6) is 1.80. The number of ether oxygens (including phenoxy) is 2. The van der Waals surface area contributed by atoms with Gasteiger partial charge in [-0.25, -0.2) is 9.59 Å². The highest BCUT2D eigenvalue weighted by Gasteiger charge is 2.27. The number of carbonyl (C=O) groups excluding carboxylic acids is 3. The molecule has 2 aliphatic heterocycles. The van der Waals surface area contributed by atoms with E-state index in [4.69, 9.17) is 9.47 Å². The van der Waals surface area contributed by atoms with Crippen LogP contribution in [0, 0.1) is 0 Å². The van der Waals surface area contributed by atoms with Gasteiger partial charge in [-0.2, -0.15) is 0 Å². The van der Waals surface area contributed by atoms with E-state index < -0.39 is 0 Å². The standard InChI is InChI=1S/C25H32N4O3.C23H30N4O2/c1-18(30)28(2)22-15-16-29(17-22)21-11-7-19(8-12-21)26-25(31)27-20-9-13-24(14-10-20)32-23-5-3-4-6-23;1-24-19-14-15-27(16-19)20-10-6-17(7-11-20)25-23(28)26-18-8-12-22(13-9-18)29-21-4-2-3-5-21/h7-14,22-23H,3-6,15-17H2,1-2H3,(H2,26,27,31);6-13,19,21,24H,2-5,14-16H2,1H3,(H2,25,26,28). The normalized spacial score (nSPS) is 18.9. The molecule has 2 saturated heterocycles. The molecule has 4 fully saturated rings. The first kappa shape index (κ1) is 43.1. The van der Waals surface area contributed by atoms with Gasteiger partial charge in [0, 0.05) is 80.3 Å². The predicted molar refractivity (Wildman–Crippen MR) is 246 cm³/mol. The predicted octanol–water partition coefficient (Wildman–Crippen LogP) is 9.16. The Bertz CT molecular complexity index is 2020. The fourth-order valence-electron chi connectivity index (χ4n) is 8.51. The summed E-state index contributed by atoms with van der Waals surface area (Å²) < 4.78 is 11.9. The number of benzene rings is 4. The van der Waals surface area contributed by atoms with Gasteiger partial charge in [0.2, 0.25) is 5.91 Å². The highest BCUT2D eigenvalue weighted by atomic mass is 16.5. The molecule has 0 aromatic heterocycles. The van der Waals surface area contributed by atoms with Gasteiger partial charge < -0.3 is 50.8 Å². The Morgan fingerprint density at radius 1 is 0.541 bits per heavy atom. The summed E-state index contributed by atoms with van der Waals surface area (Å²) in [4.78, 5) is 42.7. The number of carbonyl (C=O) groups is 3. The van der Waals surface area contributed by atoms with Crippen molar-refractivity contribution in [2.24, 2.45) is 0 Å². The van der Waals surface area contributed by atoms with Gasteiger partial charge in [-0.3, -0.25) is 4.79 Å². The van der Waals surface area contributed by atoms with E-state index in [1.165, 1.54) is 31.4 Å². The molecule has 0 radical (unpaired) electrons. The van der Waals surface area contributed by atoms with Crippen LogP contribution in [0.2, 0.25) is 0 Å². The Morgan fingerprint density at radius 3 is 1.30 bits per heavy atom. The third-order valence-electron chi connectivity index (χ3n) is 12.2. The average molecular weight is 831 g/mol. The number of hydrogen-bond acceptors (Lipinski definition) is 8. The lowest BCUT2D eigenvalue weighted by atomic mass is 10.2. The zero-order valence-electron chi connectivity index (χ0n) is 35.8. The van der Waals surface area contributed by atoms with E-state index in [9.17, 15) is 14.4 Å². The molecule has 5 N–H and O–H groups in total. The van der Waals surface area contributed by atoms with Gasteiger partial charge in [-0.1, -0.05) is 0 Å². The minimum Gasteiger partial charge on any atom is -0.490 e. The van der Waals surface area contributed by atoms with Crippen molar-refractivity contribution in [2.75, 3.05) is 71.3 Å². The minimum absolute atomic E-state index is 0.0957. The van der Waals surface area contributed by atoms with Gasteiger partial charge in [0.05, 0.1) is 18.2 Å². The van der Waals surface area contributed by atoms with E-state index in [0.29, 0.717) is 18.2 Å². The molecule has 2 saturated carbocycles. The van der Waals surface area contributed by atoms with Gasteiger partial charge in [0.25, 0.3) is 0 Å². The second-order valence-corrected chi connectivity index (χ2v) is 16.6. The lowest BCUT2D eigenvalue weighted by molar-refractivity contribution is -0.129. The quantitative estimate of drug-likeness (QED) is 0.0953. The van der Waals surface area contributed by atoms with Crippen LogP contribution in [0.4, 0.5) is 43.7 Å². The third kappa shape index (κ3) is 12.5. The summed E-state index contributed by atoms with van der Waals surface area (Å²) >= 11 is 0. The number of urea groups is 2. The smallest absolute Gasteiger partial charge is 0.323 e.